The van der Waals surface area contributed by atoms with Crippen LogP contribution in [0.2, 0.25) is 0 Å². The third-order valence-electron chi connectivity index (χ3n) is 5.38. The number of hydrogen-bond donors (Lipinski definition) is 2. The van der Waals surface area contributed by atoms with E-state index >= 15 is 0 Å². The van der Waals surface area contributed by atoms with Gasteiger partial charge in [0.2, 0.25) is 5.91 Å². The molecular formula is C21H28N4O3. The van der Waals surface area contributed by atoms with Crippen molar-refractivity contribution in [3.63, 3.8) is 0 Å². The molecule has 0 unspecified atom stereocenters. The molecule has 1 saturated heterocycles. The van der Waals surface area contributed by atoms with E-state index in [0.29, 0.717) is 51.3 Å². The standard InChI is InChI=1S/C21H28N4O3/c1-16-15-18(24-25(16)2)19(26)22-11-6-12-23-20(27)21(9-13-28-14-10-21)17-7-4-3-5-8-17/h3-5,7-8,15H,6,9-14H2,1-2H3,(H,22,26)(H,23,27). The number of hydrogen-bond acceptors (Lipinski definition) is 4. The average Bonchev–Trinajstić information content (AvgIpc) is 3.07. The number of ether oxygens (including phenoxy) is 1. The Hall–Kier alpha value is -2.67. The monoisotopic (exact) mass is 384 g/mol. The van der Waals surface area contributed by atoms with Crippen LogP contribution in [0.1, 0.15) is 41.0 Å². The van der Waals surface area contributed by atoms with Gasteiger partial charge in [0.1, 0.15) is 5.69 Å². The maximum absolute atomic E-state index is 13.0. The largest absolute Gasteiger partial charge is 0.381 e. The van der Waals surface area contributed by atoms with Gasteiger partial charge in [0.05, 0.1) is 5.41 Å². The maximum atomic E-state index is 13.0. The molecule has 7 nitrogen and oxygen atoms in total. The Balaban J connectivity index is 1.49. The summed E-state index contributed by atoms with van der Waals surface area (Å²) < 4.78 is 7.16. The molecule has 150 valence electrons. The molecule has 2 N–H and O–H groups in total. The molecule has 1 aliphatic rings. The molecule has 1 aromatic heterocycles. The summed E-state index contributed by atoms with van der Waals surface area (Å²) in [6.45, 7) is 4.06. The normalized spacial score (nSPS) is 15.8. The van der Waals surface area contributed by atoms with E-state index in [1.165, 1.54) is 0 Å². The molecular weight excluding hydrogens is 356 g/mol. The molecule has 0 aliphatic carbocycles. The van der Waals surface area contributed by atoms with Crippen molar-refractivity contribution in [2.24, 2.45) is 7.05 Å². The lowest BCUT2D eigenvalue weighted by Gasteiger charge is -2.36. The first-order valence-electron chi connectivity index (χ1n) is 9.73. The second-order valence-corrected chi connectivity index (χ2v) is 7.22. The molecule has 0 saturated carbocycles. The van der Waals surface area contributed by atoms with Gasteiger partial charge in [-0.25, -0.2) is 0 Å². The highest BCUT2D eigenvalue weighted by Gasteiger charge is 2.41. The van der Waals surface area contributed by atoms with Gasteiger partial charge in [0.15, 0.2) is 0 Å². The van der Waals surface area contributed by atoms with Crippen molar-refractivity contribution in [3.8, 4) is 0 Å². The van der Waals surface area contributed by atoms with Gasteiger partial charge in [-0.05, 0) is 37.8 Å². The van der Waals surface area contributed by atoms with Crippen LogP contribution in [-0.2, 0) is 22.0 Å². The van der Waals surface area contributed by atoms with Crippen LogP contribution >= 0.6 is 0 Å². The lowest BCUT2D eigenvalue weighted by atomic mass is 9.73. The van der Waals surface area contributed by atoms with E-state index in [-0.39, 0.29) is 11.8 Å². The van der Waals surface area contributed by atoms with Crippen LogP contribution in [0.15, 0.2) is 36.4 Å². The average molecular weight is 384 g/mol. The third kappa shape index (κ3) is 4.42. The summed E-state index contributed by atoms with van der Waals surface area (Å²) in [5, 5.41) is 10.1. The van der Waals surface area contributed by atoms with Crippen LogP contribution in [0.5, 0.6) is 0 Å². The van der Waals surface area contributed by atoms with Gasteiger partial charge in [-0.15, -0.1) is 0 Å². The van der Waals surface area contributed by atoms with Crippen molar-refractivity contribution < 1.29 is 14.3 Å². The predicted octanol–water partition coefficient (Wildman–Crippen LogP) is 1.71. The molecule has 0 radical (unpaired) electrons. The van der Waals surface area contributed by atoms with E-state index in [2.05, 4.69) is 15.7 Å². The third-order valence-corrected chi connectivity index (χ3v) is 5.38. The number of aromatic nitrogens is 2. The minimum absolute atomic E-state index is 0.0358. The van der Waals surface area contributed by atoms with Crippen LogP contribution in [0.25, 0.3) is 0 Å². The first-order chi connectivity index (χ1) is 13.5. The van der Waals surface area contributed by atoms with E-state index in [4.69, 9.17) is 4.74 Å². The highest BCUT2D eigenvalue weighted by molar-refractivity contribution is 5.92. The predicted molar refractivity (Wildman–Crippen MR) is 106 cm³/mol. The van der Waals surface area contributed by atoms with Crippen molar-refractivity contribution in [1.82, 2.24) is 20.4 Å². The fourth-order valence-electron chi connectivity index (χ4n) is 3.55. The molecule has 7 heteroatoms. The lowest BCUT2D eigenvalue weighted by molar-refractivity contribution is -0.130. The molecule has 2 aromatic rings. The number of rotatable bonds is 7. The van der Waals surface area contributed by atoms with E-state index in [1.54, 1.807) is 17.8 Å². The van der Waals surface area contributed by atoms with E-state index in [1.807, 2.05) is 37.3 Å². The SMILES string of the molecule is Cc1cc(C(=O)NCCCNC(=O)C2(c3ccccc3)CCOCC2)nn1C. The Labute approximate surface area is 165 Å². The van der Waals surface area contributed by atoms with Gasteiger partial charge in [0.25, 0.3) is 5.91 Å². The Morgan fingerprint density at radius 1 is 1.14 bits per heavy atom. The van der Waals surface area contributed by atoms with Gasteiger partial charge >= 0.3 is 0 Å². The Kier molecular flexibility index (Phi) is 6.46. The Morgan fingerprint density at radius 3 is 2.46 bits per heavy atom. The van der Waals surface area contributed by atoms with Crippen LogP contribution < -0.4 is 10.6 Å². The summed E-state index contributed by atoms with van der Waals surface area (Å²) in [5.74, 6) is -0.158. The molecule has 3 rings (SSSR count). The van der Waals surface area contributed by atoms with Crippen molar-refractivity contribution in [2.75, 3.05) is 26.3 Å². The highest BCUT2D eigenvalue weighted by Crippen LogP contribution is 2.35. The van der Waals surface area contributed by atoms with E-state index in [9.17, 15) is 9.59 Å². The van der Waals surface area contributed by atoms with Crippen LogP contribution in [0, 0.1) is 6.92 Å². The van der Waals surface area contributed by atoms with Gasteiger partial charge in [0, 0.05) is 39.0 Å². The Morgan fingerprint density at radius 2 is 1.82 bits per heavy atom. The number of aryl methyl sites for hydroxylation is 2. The lowest BCUT2D eigenvalue weighted by Crippen LogP contribution is -2.48. The molecule has 28 heavy (non-hydrogen) atoms. The summed E-state index contributed by atoms with van der Waals surface area (Å²) in [6, 6.07) is 11.7. The highest BCUT2D eigenvalue weighted by atomic mass is 16.5. The van der Waals surface area contributed by atoms with Crippen LogP contribution in [0.3, 0.4) is 0 Å². The van der Waals surface area contributed by atoms with Crippen molar-refractivity contribution in [3.05, 3.63) is 53.3 Å². The van der Waals surface area contributed by atoms with Crippen molar-refractivity contribution >= 4 is 11.8 Å². The quantitative estimate of drug-likeness (QED) is 0.712. The summed E-state index contributed by atoms with van der Waals surface area (Å²) in [6.07, 6.45) is 2.02. The zero-order valence-corrected chi connectivity index (χ0v) is 16.5. The van der Waals surface area contributed by atoms with Crippen molar-refractivity contribution in [1.29, 1.82) is 0 Å². The molecule has 1 fully saturated rings. The number of nitrogens with one attached hydrogen (secondary N) is 2. The first-order valence-corrected chi connectivity index (χ1v) is 9.73. The first kappa shape index (κ1) is 20.1. The fraction of sp³-hybridized carbons (Fsp3) is 0.476. The maximum Gasteiger partial charge on any atom is 0.271 e. The molecule has 2 amide bonds. The van der Waals surface area contributed by atoms with Gasteiger partial charge in [-0.3, -0.25) is 14.3 Å². The molecule has 0 spiro atoms. The zero-order valence-electron chi connectivity index (χ0n) is 16.5. The molecule has 0 atom stereocenters. The van der Waals surface area contributed by atoms with Gasteiger partial charge in [-0.2, -0.15) is 5.10 Å². The molecule has 1 aliphatic heterocycles. The van der Waals surface area contributed by atoms with Crippen LogP contribution in [-0.4, -0.2) is 47.9 Å². The second-order valence-electron chi connectivity index (χ2n) is 7.22. The van der Waals surface area contributed by atoms with Crippen molar-refractivity contribution in [2.45, 2.75) is 31.6 Å². The summed E-state index contributed by atoms with van der Waals surface area (Å²) in [4.78, 5) is 25.1. The minimum Gasteiger partial charge on any atom is -0.381 e. The summed E-state index contributed by atoms with van der Waals surface area (Å²) in [5.41, 5.74) is 1.85. The number of amides is 2. The Bertz CT molecular complexity index is 791. The number of carbonyl (C=O) groups excluding carboxylic acids is 2. The smallest absolute Gasteiger partial charge is 0.271 e. The summed E-state index contributed by atoms with van der Waals surface area (Å²) >= 11 is 0. The fourth-order valence-corrected chi connectivity index (χ4v) is 3.55. The number of nitrogens with zero attached hydrogens (tertiary/aromatic N) is 2. The molecule has 0 bridgehead atoms. The minimum atomic E-state index is -0.533. The second kappa shape index (κ2) is 9.01. The van der Waals surface area contributed by atoms with E-state index in [0.717, 1.165) is 11.3 Å². The number of carbonyl (C=O) groups is 2. The van der Waals surface area contributed by atoms with Gasteiger partial charge < -0.3 is 15.4 Å². The molecule has 2 heterocycles. The van der Waals surface area contributed by atoms with E-state index < -0.39 is 5.41 Å². The van der Waals surface area contributed by atoms with Crippen LogP contribution in [0.4, 0.5) is 0 Å². The topological polar surface area (TPSA) is 85.2 Å². The zero-order chi connectivity index (χ0) is 20.0. The number of benzene rings is 1. The molecule has 1 aromatic carbocycles. The summed E-state index contributed by atoms with van der Waals surface area (Å²) in [7, 11) is 1.81. The van der Waals surface area contributed by atoms with Gasteiger partial charge in [-0.1, -0.05) is 30.3 Å².